The van der Waals surface area contributed by atoms with E-state index in [2.05, 4.69) is 14.9 Å². The van der Waals surface area contributed by atoms with Crippen molar-refractivity contribution in [1.29, 1.82) is 0 Å². The highest BCUT2D eigenvalue weighted by Gasteiger charge is 2.25. The van der Waals surface area contributed by atoms with Gasteiger partial charge in [0.1, 0.15) is 10.3 Å². The summed E-state index contributed by atoms with van der Waals surface area (Å²) in [5.41, 5.74) is 11.5. The summed E-state index contributed by atoms with van der Waals surface area (Å²) in [7, 11) is -3.52. The van der Waals surface area contributed by atoms with Crippen molar-refractivity contribution in [3.05, 3.63) is 28.9 Å². The van der Waals surface area contributed by atoms with Gasteiger partial charge in [0.25, 0.3) is 0 Å². The molecule has 9 heteroatoms. The van der Waals surface area contributed by atoms with Gasteiger partial charge in [-0.2, -0.15) is 0 Å². The Kier molecular flexibility index (Phi) is 3.64. The third-order valence-corrected chi connectivity index (χ3v) is 4.97. The van der Waals surface area contributed by atoms with Gasteiger partial charge in [-0.15, -0.1) is 10.2 Å². The molecule has 98 valence electrons. The number of hydrogen-bond acceptors (Lipinski definition) is 7. The quantitative estimate of drug-likeness (QED) is 0.711. The SMILES string of the molecule is NCc1nnc(NS(=O)(=O)C2C=CC(N)=CC2)s1. The van der Waals surface area contributed by atoms with Crippen LogP contribution in [0.15, 0.2) is 23.9 Å². The van der Waals surface area contributed by atoms with E-state index < -0.39 is 15.3 Å². The Morgan fingerprint density at radius 2 is 2.28 bits per heavy atom. The van der Waals surface area contributed by atoms with E-state index >= 15 is 0 Å². The van der Waals surface area contributed by atoms with E-state index in [9.17, 15) is 8.42 Å². The Morgan fingerprint density at radius 1 is 1.50 bits per heavy atom. The van der Waals surface area contributed by atoms with Gasteiger partial charge >= 0.3 is 0 Å². The fourth-order valence-corrected chi connectivity index (χ4v) is 3.48. The van der Waals surface area contributed by atoms with Gasteiger partial charge in [0.15, 0.2) is 0 Å². The normalized spacial score (nSPS) is 19.6. The molecule has 2 rings (SSSR count). The zero-order valence-electron chi connectivity index (χ0n) is 9.41. The van der Waals surface area contributed by atoms with Gasteiger partial charge in [-0.25, -0.2) is 8.42 Å². The third-order valence-electron chi connectivity index (χ3n) is 2.36. The molecule has 0 radical (unpaired) electrons. The summed E-state index contributed by atoms with van der Waals surface area (Å²) >= 11 is 1.12. The van der Waals surface area contributed by atoms with Crippen molar-refractivity contribution in [2.24, 2.45) is 11.5 Å². The van der Waals surface area contributed by atoms with Crippen molar-refractivity contribution in [1.82, 2.24) is 10.2 Å². The first-order valence-electron chi connectivity index (χ1n) is 5.19. The lowest BCUT2D eigenvalue weighted by Crippen LogP contribution is -2.27. The minimum Gasteiger partial charge on any atom is -0.399 e. The maximum Gasteiger partial charge on any atom is 0.241 e. The fourth-order valence-electron chi connectivity index (χ4n) is 1.42. The Bertz CT molecular complexity index is 590. The molecule has 1 aromatic rings. The number of anilines is 1. The molecule has 0 saturated carbocycles. The highest BCUT2D eigenvalue weighted by molar-refractivity contribution is 7.93. The van der Waals surface area contributed by atoms with Gasteiger partial charge in [0.2, 0.25) is 15.2 Å². The first-order valence-corrected chi connectivity index (χ1v) is 7.55. The predicted octanol–water partition coefficient (Wildman–Crippen LogP) is -0.0904. The second-order valence-electron chi connectivity index (χ2n) is 3.69. The zero-order valence-corrected chi connectivity index (χ0v) is 11.0. The van der Waals surface area contributed by atoms with E-state index in [0.717, 1.165) is 11.3 Å². The molecule has 1 aromatic heterocycles. The van der Waals surface area contributed by atoms with Gasteiger partial charge in [0, 0.05) is 12.2 Å². The summed E-state index contributed by atoms with van der Waals surface area (Å²) in [4.78, 5) is 0. The maximum absolute atomic E-state index is 12.0. The van der Waals surface area contributed by atoms with E-state index in [4.69, 9.17) is 11.5 Å². The van der Waals surface area contributed by atoms with Gasteiger partial charge in [-0.3, -0.25) is 4.72 Å². The van der Waals surface area contributed by atoms with Crippen LogP contribution in [0.1, 0.15) is 11.4 Å². The lowest BCUT2D eigenvalue weighted by Gasteiger charge is -2.15. The monoisotopic (exact) mass is 287 g/mol. The number of aromatic nitrogens is 2. The Balaban J connectivity index is 2.10. The van der Waals surface area contributed by atoms with Crippen LogP contribution in [-0.4, -0.2) is 23.9 Å². The van der Waals surface area contributed by atoms with Crippen LogP contribution in [0.5, 0.6) is 0 Å². The van der Waals surface area contributed by atoms with Gasteiger partial charge < -0.3 is 11.5 Å². The Labute approximate surface area is 109 Å². The highest BCUT2D eigenvalue weighted by Crippen LogP contribution is 2.21. The molecule has 1 atom stereocenters. The molecule has 1 aliphatic carbocycles. The number of allylic oxidation sites excluding steroid dienone is 2. The van der Waals surface area contributed by atoms with Crippen LogP contribution < -0.4 is 16.2 Å². The molecular formula is C9H13N5O2S2. The molecule has 0 bridgehead atoms. The topological polar surface area (TPSA) is 124 Å². The lowest BCUT2D eigenvalue weighted by atomic mass is 10.1. The molecule has 0 saturated heterocycles. The molecule has 1 heterocycles. The zero-order chi connectivity index (χ0) is 13.2. The largest absolute Gasteiger partial charge is 0.399 e. The minimum absolute atomic E-state index is 0.228. The van der Waals surface area contributed by atoms with Crippen LogP contribution in [0, 0.1) is 0 Å². The number of nitrogens with zero attached hydrogens (tertiary/aromatic N) is 2. The van der Waals surface area contributed by atoms with Crippen molar-refractivity contribution in [2.75, 3.05) is 4.72 Å². The number of nitrogens with one attached hydrogen (secondary N) is 1. The first-order chi connectivity index (χ1) is 8.51. The highest BCUT2D eigenvalue weighted by atomic mass is 32.2. The maximum atomic E-state index is 12.0. The Hall–Kier alpha value is -1.45. The number of nitrogens with two attached hydrogens (primary N) is 2. The fraction of sp³-hybridized carbons (Fsp3) is 0.333. The Morgan fingerprint density at radius 3 is 2.83 bits per heavy atom. The van der Waals surface area contributed by atoms with Gasteiger partial charge in [0.05, 0.1) is 0 Å². The summed E-state index contributed by atoms with van der Waals surface area (Å²) < 4.78 is 26.5. The average molecular weight is 287 g/mol. The molecule has 1 aliphatic rings. The van der Waals surface area contributed by atoms with E-state index in [1.807, 2.05) is 0 Å². The molecule has 0 aliphatic heterocycles. The van der Waals surface area contributed by atoms with Crippen LogP contribution in [0.4, 0.5) is 5.13 Å². The van der Waals surface area contributed by atoms with Crippen LogP contribution >= 0.6 is 11.3 Å². The number of sulfonamides is 1. The standard InChI is InChI=1S/C9H13N5O2S2/c10-5-8-12-13-9(17-8)14-18(15,16)7-3-1-6(11)2-4-7/h1-3,7H,4-5,10-11H2,(H,13,14). The third kappa shape index (κ3) is 2.86. The van der Waals surface area contributed by atoms with Gasteiger partial charge in [-0.1, -0.05) is 23.5 Å². The van der Waals surface area contributed by atoms with Crippen molar-refractivity contribution in [3.63, 3.8) is 0 Å². The summed E-state index contributed by atoms with van der Waals surface area (Å²) in [5, 5.41) is 7.62. The minimum atomic E-state index is -3.52. The second-order valence-corrected chi connectivity index (χ2v) is 6.65. The van der Waals surface area contributed by atoms with Crippen molar-refractivity contribution in [3.8, 4) is 0 Å². The van der Waals surface area contributed by atoms with Crippen LogP contribution in [-0.2, 0) is 16.6 Å². The molecule has 5 N–H and O–H groups in total. The molecule has 0 fully saturated rings. The summed E-state index contributed by atoms with van der Waals surface area (Å²) in [6, 6.07) is 0. The van der Waals surface area contributed by atoms with Crippen molar-refractivity contribution < 1.29 is 8.42 Å². The second kappa shape index (κ2) is 5.04. The predicted molar refractivity (Wildman–Crippen MR) is 70.2 cm³/mol. The molecule has 0 aromatic carbocycles. The lowest BCUT2D eigenvalue weighted by molar-refractivity contribution is 0.593. The van der Waals surface area contributed by atoms with Crippen LogP contribution in [0.25, 0.3) is 0 Å². The smallest absolute Gasteiger partial charge is 0.241 e. The molecule has 0 spiro atoms. The molecule has 1 unspecified atom stereocenters. The summed E-state index contributed by atoms with van der Waals surface area (Å²) in [6.45, 7) is 0.238. The van der Waals surface area contributed by atoms with E-state index in [-0.39, 0.29) is 11.7 Å². The molecule has 0 amide bonds. The number of rotatable bonds is 4. The van der Waals surface area contributed by atoms with E-state index in [1.54, 1.807) is 18.2 Å². The van der Waals surface area contributed by atoms with E-state index in [1.165, 1.54) is 0 Å². The summed E-state index contributed by atoms with van der Waals surface area (Å²) in [5.74, 6) is 0. The van der Waals surface area contributed by atoms with Gasteiger partial charge in [-0.05, 0) is 12.5 Å². The molecule has 7 nitrogen and oxygen atoms in total. The molecular weight excluding hydrogens is 274 g/mol. The summed E-state index contributed by atoms with van der Waals surface area (Å²) in [6.07, 6.45) is 5.16. The van der Waals surface area contributed by atoms with Crippen LogP contribution in [0.3, 0.4) is 0 Å². The van der Waals surface area contributed by atoms with Crippen LogP contribution in [0.2, 0.25) is 0 Å². The van der Waals surface area contributed by atoms with Crippen molar-refractivity contribution >= 4 is 26.5 Å². The average Bonchev–Trinajstić information content (AvgIpc) is 2.76. The van der Waals surface area contributed by atoms with E-state index in [0.29, 0.717) is 17.1 Å². The first kappa shape index (κ1) is 13.0. The number of hydrogen-bond donors (Lipinski definition) is 3. The van der Waals surface area contributed by atoms with Crippen molar-refractivity contribution in [2.45, 2.75) is 18.2 Å². The molecule has 18 heavy (non-hydrogen) atoms.